The van der Waals surface area contributed by atoms with Crippen molar-refractivity contribution in [2.24, 2.45) is 0 Å². The van der Waals surface area contributed by atoms with E-state index in [4.69, 9.17) is 9.16 Å². The van der Waals surface area contributed by atoms with Gasteiger partial charge in [-0.3, -0.25) is 4.57 Å². The fourth-order valence-electron chi connectivity index (χ4n) is 1.85. The molecule has 1 aromatic heterocycles. The molecule has 144 valence electrons. The van der Waals surface area contributed by atoms with E-state index in [1.807, 2.05) is 0 Å². The second-order valence-corrected chi connectivity index (χ2v) is 19.6. The molecule has 0 aromatic carbocycles. The Hall–Kier alpha value is -0.966. The average Bonchev–Trinajstić information content (AvgIpc) is 2.82. The van der Waals surface area contributed by atoms with Gasteiger partial charge in [0.2, 0.25) is 5.82 Å². The van der Waals surface area contributed by atoms with Gasteiger partial charge in [0.25, 0.3) is 0 Å². The van der Waals surface area contributed by atoms with Gasteiger partial charge in [-0.05, 0) is 24.2 Å². The van der Waals surface area contributed by atoms with Crippen molar-refractivity contribution in [3.8, 4) is 0 Å². The molecule has 0 aliphatic heterocycles. The van der Waals surface area contributed by atoms with E-state index in [0.29, 0.717) is 13.2 Å². The largest absolute Gasteiger partial charge is 0.475 e. The molecule has 0 saturated carbocycles. The molecule has 1 heterocycles. The standard InChI is InChI=1S/C17H34N2O4Si2/c1-17(2,3)25(7,8)23-12-14-11-18-15(16(20)21)19(14)13-22-9-10-24(4,5)6/h11H,9-10,12-13H2,1-8H3,(H,20,21). The first-order chi connectivity index (χ1) is 11.2. The Balaban J connectivity index is 2.82. The Labute approximate surface area is 153 Å². The van der Waals surface area contributed by atoms with Crippen LogP contribution in [0.25, 0.3) is 0 Å². The minimum absolute atomic E-state index is 0.00170. The van der Waals surface area contributed by atoms with Crippen molar-refractivity contribution in [2.45, 2.75) is 77.9 Å². The first-order valence-corrected chi connectivity index (χ1v) is 15.4. The van der Waals surface area contributed by atoms with E-state index in [-0.39, 0.29) is 17.6 Å². The first-order valence-electron chi connectivity index (χ1n) is 8.74. The van der Waals surface area contributed by atoms with E-state index in [9.17, 15) is 9.90 Å². The van der Waals surface area contributed by atoms with Crippen molar-refractivity contribution in [3.05, 3.63) is 17.7 Å². The van der Waals surface area contributed by atoms with Crippen LogP contribution in [0, 0.1) is 0 Å². The summed E-state index contributed by atoms with van der Waals surface area (Å²) in [6.07, 6.45) is 1.58. The summed E-state index contributed by atoms with van der Waals surface area (Å²) in [7, 11) is -3.09. The Bertz CT molecular complexity index is 586. The molecule has 0 aliphatic rings. The summed E-state index contributed by atoms with van der Waals surface area (Å²) in [6, 6.07) is 1.04. The summed E-state index contributed by atoms with van der Waals surface area (Å²) < 4.78 is 13.6. The van der Waals surface area contributed by atoms with Crippen LogP contribution in [-0.2, 0) is 22.5 Å². The third-order valence-corrected chi connectivity index (χ3v) is 10.9. The monoisotopic (exact) mass is 386 g/mol. The van der Waals surface area contributed by atoms with E-state index in [0.717, 1.165) is 11.7 Å². The highest BCUT2D eigenvalue weighted by molar-refractivity contribution is 6.76. The maximum atomic E-state index is 11.4. The number of aromatic nitrogens is 2. The fourth-order valence-corrected chi connectivity index (χ4v) is 3.54. The molecule has 0 bridgehead atoms. The lowest BCUT2D eigenvalue weighted by Gasteiger charge is -2.36. The maximum absolute atomic E-state index is 11.4. The smallest absolute Gasteiger partial charge is 0.372 e. The number of ether oxygens (including phenoxy) is 1. The molecular weight excluding hydrogens is 352 g/mol. The van der Waals surface area contributed by atoms with E-state index < -0.39 is 22.4 Å². The van der Waals surface area contributed by atoms with Gasteiger partial charge in [-0.1, -0.05) is 40.4 Å². The molecule has 1 aromatic rings. The number of hydrogen-bond acceptors (Lipinski definition) is 4. The molecule has 6 nitrogen and oxygen atoms in total. The van der Waals surface area contributed by atoms with Gasteiger partial charge >= 0.3 is 5.97 Å². The lowest BCUT2D eigenvalue weighted by Crippen LogP contribution is -2.40. The molecule has 1 rings (SSSR count). The zero-order valence-corrected chi connectivity index (χ0v) is 19.0. The number of rotatable bonds is 9. The van der Waals surface area contributed by atoms with E-state index in [2.05, 4.69) is 58.5 Å². The maximum Gasteiger partial charge on any atom is 0.372 e. The number of carbonyl (C=O) groups is 1. The number of hydrogen-bond donors (Lipinski definition) is 1. The minimum atomic E-state index is -1.92. The molecule has 0 fully saturated rings. The van der Waals surface area contributed by atoms with Crippen LogP contribution in [0.1, 0.15) is 37.1 Å². The second-order valence-electron chi connectivity index (χ2n) is 9.20. The SMILES string of the molecule is CC(C)(C)[Si](C)(C)OCc1cnc(C(=O)O)n1COCC[Si](C)(C)C. The van der Waals surface area contributed by atoms with Crippen molar-refractivity contribution in [1.82, 2.24) is 9.55 Å². The number of carboxylic acid groups (broad SMARTS) is 1. The van der Waals surface area contributed by atoms with E-state index >= 15 is 0 Å². The summed E-state index contributed by atoms with van der Waals surface area (Å²) in [5, 5.41) is 9.46. The third kappa shape index (κ3) is 6.69. The van der Waals surface area contributed by atoms with Crippen molar-refractivity contribution >= 4 is 22.4 Å². The zero-order chi connectivity index (χ0) is 19.5. The Morgan fingerprint density at radius 1 is 1.24 bits per heavy atom. The lowest BCUT2D eigenvalue weighted by atomic mass is 10.2. The van der Waals surface area contributed by atoms with Gasteiger partial charge in [0.05, 0.1) is 18.5 Å². The molecule has 0 atom stereocenters. The van der Waals surface area contributed by atoms with Gasteiger partial charge in [0.1, 0.15) is 6.73 Å². The van der Waals surface area contributed by atoms with Crippen molar-refractivity contribution in [3.63, 3.8) is 0 Å². The molecule has 0 aliphatic carbocycles. The predicted molar refractivity (Wildman–Crippen MR) is 105 cm³/mol. The van der Waals surface area contributed by atoms with Crippen molar-refractivity contribution in [2.75, 3.05) is 6.61 Å². The van der Waals surface area contributed by atoms with Crippen LogP contribution >= 0.6 is 0 Å². The van der Waals surface area contributed by atoms with Crippen LogP contribution in [0.15, 0.2) is 6.20 Å². The Morgan fingerprint density at radius 2 is 1.84 bits per heavy atom. The van der Waals surface area contributed by atoms with Crippen molar-refractivity contribution < 1.29 is 19.1 Å². The third-order valence-electron chi connectivity index (χ3n) is 4.73. The Kier molecular flexibility index (Phi) is 7.20. The molecule has 25 heavy (non-hydrogen) atoms. The molecule has 8 heteroatoms. The molecule has 1 N–H and O–H groups in total. The van der Waals surface area contributed by atoms with Crippen LogP contribution in [0.4, 0.5) is 0 Å². The van der Waals surface area contributed by atoms with Crippen LogP contribution in [0.3, 0.4) is 0 Å². The highest BCUT2D eigenvalue weighted by Crippen LogP contribution is 2.37. The highest BCUT2D eigenvalue weighted by Gasteiger charge is 2.37. The van der Waals surface area contributed by atoms with Crippen LogP contribution in [0.2, 0.25) is 43.8 Å². The average molecular weight is 387 g/mol. The first kappa shape index (κ1) is 22.1. The van der Waals surface area contributed by atoms with Crippen LogP contribution in [-0.4, -0.2) is 43.6 Å². The van der Waals surface area contributed by atoms with Crippen molar-refractivity contribution in [1.29, 1.82) is 0 Å². The number of nitrogens with zero attached hydrogens (tertiary/aromatic N) is 2. The minimum Gasteiger partial charge on any atom is -0.475 e. The van der Waals surface area contributed by atoms with E-state index in [1.165, 1.54) is 0 Å². The zero-order valence-electron chi connectivity index (χ0n) is 17.0. The summed E-state index contributed by atoms with van der Waals surface area (Å²) in [6.45, 7) is 18.9. The number of carboxylic acids is 1. The molecule has 0 saturated heterocycles. The van der Waals surface area contributed by atoms with Gasteiger partial charge in [0.15, 0.2) is 8.32 Å². The summed E-state index contributed by atoms with van der Waals surface area (Å²) >= 11 is 0. The molecule has 0 amide bonds. The van der Waals surface area contributed by atoms with Crippen LogP contribution in [0.5, 0.6) is 0 Å². The van der Waals surface area contributed by atoms with Gasteiger partial charge in [-0.2, -0.15) is 0 Å². The lowest BCUT2D eigenvalue weighted by molar-refractivity contribution is 0.0600. The van der Waals surface area contributed by atoms with Gasteiger partial charge in [-0.15, -0.1) is 0 Å². The fraction of sp³-hybridized carbons (Fsp3) is 0.765. The number of aromatic carboxylic acids is 1. The van der Waals surface area contributed by atoms with Gasteiger partial charge < -0.3 is 14.3 Å². The quantitative estimate of drug-likeness (QED) is 0.502. The molecule has 0 unspecified atom stereocenters. The molecule has 0 spiro atoms. The van der Waals surface area contributed by atoms with E-state index in [1.54, 1.807) is 10.8 Å². The van der Waals surface area contributed by atoms with Gasteiger partial charge in [0, 0.05) is 14.7 Å². The Morgan fingerprint density at radius 3 is 2.32 bits per heavy atom. The van der Waals surface area contributed by atoms with Gasteiger partial charge in [-0.25, -0.2) is 9.78 Å². The predicted octanol–water partition coefficient (Wildman–Crippen LogP) is 4.42. The highest BCUT2D eigenvalue weighted by atomic mass is 28.4. The summed E-state index contributed by atoms with van der Waals surface area (Å²) in [4.78, 5) is 15.5. The molecular formula is C17H34N2O4Si2. The normalized spacial score (nSPS) is 13.3. The topological polar surface area (TPSA) is 73.6 Å². The molecule has 0 radical (unpaired) electrons. The summed E-state index contributed by atoms with van der Waals surface area (Å²) in [5.41, 5.74) is 0.746. The van der Waals surface area contributed by atoms with Crippen LogP contribution < -0.4 is 0 Å². The second kappa shape index (κ2) is 8.15. The summed E-state index contributed by atoms with van der Waals surface area (Å²) in [5.74, 6) is -1.05. The number of imidazole rings is 1.